The fourth-order valence-electron chi connectivity index (χ4n) is 1.64. The number of anilines is 1. The van der Waals surface area contributed by atoms with E-state index in [0.29, 0.717) is 6.54 Å². The first-order valence-corrected chi connectivity index (χ1v) is 7.21. The average Bonchev–Trinajstić information content (AvgIpc) is 2.91. The molecule has 0 aliphatic carbocycles. The van der Waals surface area contributed by atoms with Gasteiger partial charge in [-0.2, -0.15) is 11.3 Å². The topological polar surface area (TPSA) is 41.1 Å². The number of thiophene rings is 1. The van der Waals surface area contributed by atoms with Crippen LogP contribution in [0.4, 0.5) is 5.69 Å². The Morgan fingerprint density at radius 2 is 2.00 bits per heavy atom. The first-order chi connectivity index (χ1) is 9.15. The van der Waals surface area contributed by atoms with Gasteiger partial charge in [0.15, 0.2) is 0 Å². The van der Waals surface area contributed by atoms with Gasteiger partial charge in [0.1, 0.15) is 0 Å². The molecule has 2 N–H and O–H groups in total. The van der Waals surface area contributed by atoms with E-state index in [0.717, 1.165) is 5.69 Å². The number of rotatable bonds is 5. The predicted octanol–water partition coefficient (Wildman–Crippen LogP) is 3.17. The largest absolute Gasteiger partial charge is 0.325 e. The van der Waals surface area contributed by atoms with Gasteiger partial charge in [0, 0.05) is 12.2 Å². The van der Waals surface area contributed by atoms with Gasteiger partial charge in [0.2, 0.25) is 5.91 Å². The van der Waals surface area contributed by atoms with Crippen molar-refractivity contribution in [3.05, 3.63) is 52.2 Å². The molecule has 1 atom stereocenters. The highest BCUT2D eigenvalue weighted by atomic mass is 32.1. The van der Waals surface area contributed by atoms with E-state index in [1.165, 1.54) is 11.1 Å². The second-order valence-electron chi connectivity index (χ2n) is 4.59. The summed E-state index contributed by atoms with van der Waals surface area (Å²) in [6.07, 6.45) is 0. The summed E-state index contributed by atoms with van der Waals surface area (Å²) < 4.78 is 0. The molecule has 19 heavy (non-hydrogen) atoms. The van der Waals surface area contributed by atoms with E-state index >= 15 is 0 Å². The monoisotopic (exact) mass is 274 g/mol. The number of hydrogen-bond acceptors (Lipinski definition) is 3. The van der Waals surface area contributed by atoms with E-state index in [4.69, 9.17) is 0 Å². The summed E-state index contributed by atoms with van der Waals surface area (Å²) in [5.41, 5.74) is 3.22. The average molecular weight is 274 g/mol. The molecular weight excluding hydrogens is 256 g/mol. The molecule has 0 radical (unpaired) electrons. The molecule has 0 saturated carbocycles. The number of carbonyl (C=O) groups is 1. The van der Waals surface area contributed by atoms with Gasteiger partial charge in [-0.05, 0) is 48.4 Å². The number of benzene rings is 1. The smallest absolute Gasteiger partial charge is 0.241 e. The van der Waals surface area contributed by atoms with Crippen LogP contribution in [0.5, 0.6) is 0 Å². The first kappa shape index (κ1) is 13.8. The van der Waals surface area contributed by atoms with E-state index in [-0.39, 0.29) is 11.9 Å². The van der Waals surface area contributed by atoms with Crippen LogP contribution in [0.15, 0.2) is 41.1 Å². The Morgan fingerprint density at radius 3 is 2.63 bits per heavy atom. The van der Waals surface area contributed by atoms with Crippen molar-refractivity contribution in [2.45, 2.75) is 26.4 Å². The molecule has 1 aromatic heterocycles. The lowest BCUT2D eigenvalue weighted by atomic mass is 10.2. The lowest BCUT2D eigenvalue weighted by Gasteiger charge is -2.13. The lowest BCUT2D eigenvalue weighted by Crippen LogP contribution is -2.37. The number of aryl methyl sites for hydroxylation is 1. The molecule has 1 heterocycles. The van der Waals surface area contributed by atoms with Crippen LogP contribution < -0.4 is 10.6 Å². The van der Waals surface area contributed by atoms with E-state index in [9.17, 15) is 4.79 Å². The van der Waals surface area contributed by atoms with Crippen LogP contribution in [0.1, 0.15) is 18.1 Å². The molecule has 1 aromatic carbocycles. The minimum atomic E-state index is -0.221. The molecule has 0 saturated heterocycles. The molecule has 1 amide bonds. The molecule has 0 aliphatic rings. The van der Waals surface area contributed by atoms with Crippen molar-refractivity contribution >= 4 is 22.9 Å². The maximum Gasteiger partial charge on any atom is 0.241 e. The van der Waals surface area contributed by atoms with Crippen LogP contribution in [0.25, 0.3) is 0 Å². The summed E-state index contributed by atoms with van der Waals surface area (Å²) in [5.74, 6) is -0.0147. The molecule has 0 bridgehead atoms. The molecule has 100 valence electrons. The quantitative estimate of drug-likeness (QED) is 0.879. The second-order valence-corrected chi connectivity index (χ2v) is 5.37. The highest BCUT2D eigenvalue weighted by molar-refractivity contribution is 7.07. The summed E-state index contributed by atoms with van der Waals surface area (Å²) in [5, 5.41) is 10.2. The highest BCUT2D eigenvalue weighted by Gasteiger charge is 2.12. The zero-order valence-corrected chi connectivity index (χ0v) is 12.0. The standard InChI is InChI=1S/C15H18N2OS/c1-11-3-5-14(6-4-11)17-15(18)12(2)16-9-13-7-8-19-10-13/h3-8,10,12,16H,9H2,1-2H3,(H,17,18). The normalized spacial score (nSPS) is 12.1. The molecule has 0 fully saturated rings. The maximum absolute atomic E-state index is 12.0. The van der Waals surface area contributed by atoms with Crippen LogP contribution in [0.2, 0.25) is 0 Å². The minimum absolute atomic E-state index is 0.0147. The molecule has 1 unspecified atom stereocenters. The number of amides is 1. The fourth-order valence-corrected chi connectivity index (χ4v) is 2.31. The predicted molar refractivity (Wildman–Crippen MR) is 80.4 cm³/mol. The maximum atomic E-state index is 12.0. The molecular formula is C15H18N2OS. The van der Waals surface area contributed by atoms with Gasteiger partial charge in [-0.25, -0.2) is 0 Å². The summed E-state index contributed by atoms with van der Waals surface area (Å²) in [6, 6.07) is 9.64. The van der Waals surface area contributed by atoms with E-state index < -0.39 is 0 Å². The SMILES string of the molecule is Cc1ccc(NC(=O)C(C)NCc2ccsc2)cc1. The molecule has 0 spiro atoms. The molecule has 4 heteroatoms. The van der Waals surface area contributed by atoms with Crippen LogP contribution >= 0.6 is 11.3 Å². The molecule has 3 nitrogen and oxygen atoms in total. The van der Waals surface area contributed by atoms with Gasteiger partial charge in [-0.15, -0.1) is 0 Å². The van der Waals surface area contributed by atoms with Gasteiger partial charge < -0.3 is 10.6 Å². The third kappa shape index (κ3) is 4.19. The Balaban J connectivity index is 1.83. The Morgan fingerprint density at radius 1 is 1.26 bits per heavy atom. The summed E-state index contributed by atoms with van der Waals surface area (Å²) >= 11 is 1.66. The van der Waals surface area contributed by atoms with Gasteiger partial charge in [0.25, 0.3) is 0 Å². The lowest BCUT2D eigenvalue weighted by molar-refractivity contribution is -0.117. The van der Waals surface area contributed by atoms with Crippen molar-refractivity contribution in [1.29, 1.82) is 0 Å². The fraction of sp³-hybridized carbons (Fsp3) is 0.267. The van der Waals surface area contributed by atoms with Crippen LogP contribution in [-0.4, -0.2) is 11.9 Å². The Hall–Kier alpha value is -1.65. The first-order valence-electron chi connectivity index (χ1n) is 6.27. The number of hydrogen-bond donors (Lipinski definition) is 2. The third-order valence-electron chi connectivity index (χ3n) is 2.90. The van der Waals surface area contributed by atoms with Gasteiger partial charge in [-0.3, -0.25) is 4.79 Å². The Bertz CT molecular complexity index is 520. The zero-order chi connectivity index (χ0) is 13.7. The van der Waals surface area contributed by atoms with Crippen LogP contribution in [0.3, 0.4) is 0 Å². The van der Waals surface area contributed by atoms with Crippen molar-refractivity contribution in [2.75, 3.05) is 5.32 Å². The van der Waals surface area contributed by atoms with Crippen molar-refractivity contribution in [3.63, 3.8) is 0 Å². The number of carbonyl (C=O) groups excluding carboxylic acids is 1. The highest BCUT2D eigenvalue weighted by Crippen LogP contribution is 2.09. The van der Waals surface area contributed by atoms with E-state index in [2.05, 4.69) is 22.1 Å². The summed E-state index contributed by atoms with van der Waals surface area (Å²) in [7, 11) is 0. The van der Waals surface area contributed by atoms with E-state index in [1.54, 1.807) is 11.3 Å². The Labute approximate surface area is 117 Å². The third-order valence-corrected chi connectivity index (χ3v) is 3.64. The molecule has 0 aliphatic heterocycles. The molecule has 2 aromatic rings. The number of nitrogens with one attached hydrogen (secondary N) is 2. The van der Waals surface area contributed by atoms with Crippen molar-refractivity contribution in [2.24, 2.45) is 0 Å². The minimum Gasteiger partial charge on any atom is -0.325 e. The van der Waals surface area contributed by atoms with Crippen molar-refractivity contribution in [3.8, 4) is 0 Å². The Kier molecular flexibility index (Phi) is 4.71. The van der Waals surface area contributed by atoms with Crippen molar-refractivity contribution in [1.82, 2.24) is 5.32 Å². The second kappa shape index (κ2) is 6.50. The van der Waals surface area contributed by atoms with Crippen molar-refractivity contribution < 1.29 is 4.79 Å². The zero-order valence-electron chi connectivity index (χ0n) is 11.1. The summed E-state index contributed by atoms with van der Waals surface area (Å²) in [6.45, 7) is 4.61. The van der Waals surface area contributed by atoms with E-state index in [1.807, 2.05) is 43.5 Å². The molecule has 2 rings (SSSR count). The van der Waals surface area contributed by atoms with Gasteiger partial charge in [-0.1, -0.05) is 17.7 Å². The van der Waals surface area contributed by atoms with Crippen LogP contribution in [0, 0.1) is 6.92 Å². The summed E-state index contributed by atoms with van der Waals surface area (Å²) in [4.78, 5) is 12.0. The van der Waals surface area contributed by atoms with Crippen LogP contribution in [-0.2, 0) is 11.3 Å². The van der Waals surface area contributed by atoms with Gasteiger partial charge in [0.05, 0.1) is 6.04 Å². The van der Waals surface area contributed by atoms with Gasteiger partial charge >= 0.3 is 0 Å².